The van der Waals surface area contributed by atoms with E-state index < -0.39 is 23.9 Å². The number of fused-ring (bicyclic) bond motifs is 1. The Hall–Kier alpha value is -4.47. The molecule has 0 aliphatic carbocycles. The Morgan fingerprint density at radius 1 is 1.03 bits per heavy atom. The molecule has 1 aromatic carbocycles. The van der Waals surface area contributed by atoms with E-state index >= 15 is 0 Å². The topological polar surface area (TPSA) is 94.0 Å². The summed E-state index contributed by atoms with van der Waals surface area (Å²) in [6, 6.07) is 11.2. The van der Waals surface area contributed by atoms with Gasteiger partial charge in [0.15, 0.2) is 0 Å². The third kappa shape index (κ3) is 4.14. The average molecular weight is 506 g/mol. The first-order valence-electron chi connectivity index (χ1n) is 11.4. The molecule has 0 radical (unpaired) electrons. The van der Waals surface area contributed by atoms with Crippen LogP contribution in [0.3, 0.4) is 0 Å². The van der Waals surface area contributed by atoms with Crippen molar-refractivity contribution in [3.8, 4) is 22.3 Å². The number of carboxylic acids is 1. The van der Waals surface area contributed by atoms with E-state index in [4.69, 9.17) is 4.52 Å². The third-order valence-electron chi connectivity index (χ3n) is 6.36. The minimum Gasteiger partial charge on any atom is -0.478 e. The quantitative estimate of drug-likeness (QED) is 0.285. The summed E-state index contributed by atoms with van der Waals surface area (Å²) in [5, 5.41) is 13.2. The number of pyridine rings is 2. The van der Waals surface area contributed by atoms with Gasteiger partial charge in [-0.25, -0.2) is 4.79 Å². The van der Waals surface area contributed by atoms with E-state index in [1.54, 1.807) is 45.0 Å². The maximum atomic E-state index is 14.8. The second kappa shape index (κ2) is 8.88. The molecule has 37 heavy (non-hydrogen) atoms. The van der Waals surface area contributed by atoms with Crippen molar-refractivity contribution in [1.29, 1.82) is 0 Å². The predicted octanol–water partition coefficient (Wildman–Crippen LogP) is 6.70. The molecule has 1 unspecified atom stereocenters. The van der Waals surface area contributed by atoms with Gasteiger partial charge in [-0.2, -0.15) is 13.2 Å². The fraction of sp³-hybridized carbons (Fsp3) is 0.185. The summed E-state index contributed by atoms with van der Waals surface area (Å²) in [5.74, 6) is -0.647. The van der Waals surface area contributed by atoms with Crippen LogP contribution in [0.2, 0.25) is 0 Å². The minimum absolute atomic E-state index is 0.0310. The number of aryl methyl sites for hydroxylation is 2. The predicted molar refractivity (Wildman–Crippen MR) is 130 cm³/mol. The van der Waals surface area contributed by atoms with Crippen LogP contribution in [0.1, 0.15) is 46.2 Å². The number of rotatable bonds is 5. The molecule has 7 nitrogen and oxygen atoms in total. The van der Waals surface area contributed by atoms with Gasteiger partial charge in [0.2, 0.25) is 0 Å². The van der Waals surface area contributed by atoms with Crippen LogP contribution in [0.4, 0.5) is 13.2 Å². The van der Waals surface area contributed by atoms with Crippen LogP contribution >= 0.6 is 0 Å². The summed E-state index contributed by atoms with van der Waals surface area (Å²) in [5.41, 5.74) is 1.79. The van der Waals surface area contributed by atoms with Crippen molar-refractivity contribution in [2.75, 3.05) is 0 Å². The molecule has 188 valence electrons. The number of alkyl halides is 3. The Bertz CT molecular complexity index is 1600. The van der Waals surface area contributed by atoms with Gasteiger partial charge in [-0.05, 0) is 56.7 Å². The standard InChI is InChI=1S/C27H21F3N4O3/c1-14-22(16(3)37-33-14)19-12-21-24(32-13-19)23(17-7-9-18(10-8-17)26(35)36)25(27(28,29)30)34(21)15(2)20-6-4-5-11-31-20/h4-13,15H,1-3H3,(H,35,36). The van der Waals surface area contributed by atoms with E-state index in [9.17, 15) is 23.1 Å². The summed E-state index contributed by atoms with van der Waals surface area (Å²) in [4.78, 5) is 20.1. The summed E-state index contributed by atoms with van der Waals surface area (Å²) >= 11 is 0. The van der Waals surface area contributed by atoms with Crippen LogP contribution < -0.4 is 0 Å². The van der Waals surface area contributed by atoms with Gasteiger partial charge >= 0.3 is 12.1 Å². The highest BCUT2D eigenvalue weighted by molar-refractivity contribution is 5.98. The highest BCUT2D eigenvalue weighted by Crippen LogP contribution is 2.46. The maximum Gasteiger partial charge on any atom is 0.432 e. The van der Waals surface area contributed by atoms with Crippen LogP contribution in [0, 0.1) is 13.8 Å². The van der Waals surface area contributed by atoms with Gasteiger partial charge in [0, 0.05) is 29.1 Å². The zero-order chi connectivity index (χ0) is 26.5. The highest BCUT2D eigenvalue weighted by Gasteiger charge is 2.41. The van der Waals surface area contributed by atoms with Crippen LogP contribution in [-0.4, -0.2) is 30.8 Å². The summed E-state index contributed by atoms with van der Waals surface area (Å²) in [6.45, 7) is 5.13. The molecule has 0 aliphatic heterocycles. The Labute approximate surface area is 209 Å². The van der Waals surface area contributed by atoms with Gasteiger partial charge in [0.05, 0.1) is 34.0 Å². The van der Waals surface area contributed by atoms with Crippen molar-refractivity contribution in [3.05, 3.63) is 89.3 Å². The number of hydrogen-bond acceptors (Lipinski definition) is 5. The molecule has 5 rings (SSSR count). The number of aromatic carboxylic acids is 1. The Kier molecular flexibility index (Phi) is 5.82. The first-order valence-corrected chi connectivity index (χ1v) is 11.4. The number of hydrogen-bond donors (Lipinski definition) is 1. The Morgan fingerprint density at radius 2 is 1.76 bits per heavy atom. The number of halogens is 3. The van der Waals surface area contributed by atoms with Crippen molar-refractivity contribution in [2.45, 2.75) is 33.0 Å². The Balaban J connectivity index is 1.87. The monoisotopic (exact) mass is 506 g/mol. The van der Waals surface area contributed by atoms with Crippen LogP contribution in [0.15, 0.2) is 65.4 Å². The molecular weight excluding hydrogens is 485 g/mol. The lowest BCUT2D eigenvalue weighted by molar-refractivity contribution is -0.143. The second-order valence-electron chi connectivity index (χ2n) is 8.70. The van der Waals surface area contributed by atoms with Crippen LogP contribution in [0.25, 0.3) is 33.3 Å². The van der Waals surface area contributed by atoms with Gasteiger partial charge in [-0.1, -0.05) is 23.4 Å². The van der Waals surface area contributed by atoms with Gasteiger partial charge in [0.25, 0.3) is 0 Å². The lowest BCUT2D eigenvalue weighted by Gasteiger charge is -2.21. The molecule has 0 saturated heterocycles. The van der Waals surface area contributed by atoms with Crippen molar-refractivity contribution in [2.24, 2.45) is 0 Å². The number of carbonyl (C=O) groups is 1. The number of aromatic nitrogens is 4. The lowest BCUT2D eigenvalue weighted by Crippen LogP contribution is -2.19. The molecule has 4 aromatic heterocycles. The summed E-state index contributed by atoms with van der Waals surface area (Å²) in [7, 11) is 0. The van der Waals surface area contributed by atoms with E-state index in [-0.39, 0.29) is 27.7 Å². The first-order chi connectivity index (χ1) is 17.6. The third-order valence-corrected chi connectivity index (χ3v) is 6.36. The molecule has 0 aliphatic rings. The van der Waals surface area contributed by atoms with Crippen LogP contribution in [0.5, 0.6) is 0 Å². The van der Waals surface area contributed by atoms with Crippen LogP contribution in [-0.2, 0) is 6.18 Å². The zero-order valence-electron chi connectivity index (χ0n) is 20.0. The fourth-order valence-electron chi connectivity index (χ4n) is 4.70. The smallest absolute Gasteiger partial charge is 0.432 e. The molecule has 5 aromatic rings. The van der Waals surface area contributed by atoms with E-state index in [2.05, 4.69) is 15.1 Å². The van der Waals surface area contributed by atoms with Crippen molar-refractivity contribution >= 4 is 17.0 Å². The maximum absolute atomic E-state index is 14.8. The molecule has 0 spiro atoms. The molecule has 1 N–H and O–H groups in total. The van der Waals surface area contributed by atoms with Gasteiger partial charge in [-0.3, -0.25) is 9.97 Å². The van der Waals surface area contributed by atoms with E-state index in [0.717, 1.165) is 0 Å². The molecule has 4 heterocycles. The second-order valence-corrected chi connectivity index (χ2v) is 8.70. The van der Waals surface area contributed by atoms with E-state index in [0.29, 0.717) is 28.3 Å². The summed E-state index contributed by atoms with van der Waals surface area (Å²) in [6.07, 6.45) is -1.72. The minimum atomic E-state index is -4.76. The number of carboxylic acid groups (broad SMARTS) is 1. The largest absolute Gasteiger partial charge is 0.478 e. The van der Waals surface area contributed by atoms with Gasteiger partial charge in [0.1, 0.15) is 11.5 Å². The molecular formula is C27H21F3N4O3. The average Bonchev–Trinajstić information content (AvgIpc) is 3.40. The van der Waals surface area contributed by atoms with Gasteiger partial charge < -0.3 is 14.2 Å². The molecule has 0 bridgehead atoms. The first kappa shape index (κ1) is 24.2. The fourth-order valence-corrected chi connectivity index (χ4v) is 4.70. The van der Waals surface area contributed by atoms with Crippen molar-refractivity contribution in [3.63, 3.8) is 0 Å². The SMILES string of the molecule is Cc1noc(C)c1-c1cnc2c(-c3ccc(C(=O)O)cc3)c(C(F)(F)F)n(C(C)c3ccccn3)c2c1. The Morgan fingerprint density at radius 3 is 2.32 bits per heavy atom. The molecule has 0 amide bonds. The summed E-state index contributed by atoms with van der Waals surface area (Å²) < 4.78 is 51.0. The van der Waals surface area contributed by atoms with Crippen molar-refractivity contribution in [1.82, 2.24) is 19.7 Å². The van der Waals surface area contributed by atoms with Crippen molar-refractivity contribution < 1.29 is 27.6 Å². The lowest BCUT2D eigenvalue weighted by atomic mass is 10.0. The zero-order valence-corrected chi connectivity index (χ0v) is 20.0. The van der Waals surface area contributed by atoms with E-state index in [1.807, 2.05) is 0 Å². The van der Waals surface area contributed by atoms with Gasteiger partial charge in [-0.15, -0.1) is 0 Å². The number of nitrogens with zero attached hydrogens (tertiary/aromatic N) is 4. The molecule has 1 atom stereocenters. The normalized spacial score (nSPS) is 12.7. The molecule has 10 heteroatoms. The van der Waals surface area contributed by atoms with E-state index in [1.165, 1.54) is 41.2 Å². The highest BCUT2D eigenvalue weighted by atomic mass is 19.4. The molecule has 0 fully saturated rings. The number of benzene rings is 1. The molecule has 0 saturated carbocycles.